The second kappa shape index (κ2) is 6.87. The van der Waals surface area contributed by atoms with Crippen LogP contribution in [0.25, 0.3) is 0 Å². The number of imidazole rings is 1. The highest BCUT2D eigenvalue weighted by Gasteiger charge is 2.13. The average Bonchev–Trinajstić information content (AvgIpc) is 2.87. The summed E-state index contributed by atoms with van der Waals surface area (Å²) in [6, 6.07) is 8.79. The number of hydrogen-bond donors (Lipinski definition) is 1. The number of halogens is 1. The van der Waals surface area contributed by atoms with Crippen LogP contribution in [-0.4, -0.2) is 22.6 Å². The molecule has 3 nitrogen and oxygen atoms in total. The molecule has 1 heterocycles. The number of likely N-dealkylation sites (N-methyl/N-ethyl adjacent to an activating group) is 1. The molecule has 0 spiro atoms. The van der Waals surface area contributed by atoms with Gasteiger partial charge in [-0.25, -0.2) is 4.98 Å². The van der Waals surface area contributed by atoms with Crippen molar-refractivity contribution in [3.05, 3.63) is 52.5 Å². The number of nitrogens with one attached hydrogen (secondary N) is 1. The Balaban J connectivity index is 2.07. The van der Waals surface area contributed by atoms with Crippen LogP contribution in [0.4, 0.5) is 0 Å². The predicted molar refractivity (Wildman–Crippen MR) is 82.3 cm³/mol. The van der Waals surface area contributed by atoms with E-state index in [4.69, 9.17) is 0 Å². The largest absolute Gasteiger partial charge is 0.335 e. The highest BCUT2D eigenvalue weighted by atomic mass is 79.9. The third-order valence-corrected chi connectivity index (χ3v) is 4.18. The van der Waals surface area contributed by atoms with Crippen LogP contribution in [0.2, 0.25) is 0 Å². The fourth-order valence-corrected chi connectivity index (χ4v) is 2.69. The molecular formula is C15H20BrN3. The summed E-state index contributed by atoms with van der Waals surface area (Å²) in [7, 11) is 2.01. The molecule has 4 heteroatoms. The normalized spacial score (nSPS) is 12.6. The van der Waals surface area contributed by atoms with Crippen LogP contribution in [0.1, 0.15) is 18.3 Å². The van der Waals surface area contributed by atoms with Gasteiger partial charge >= 0.3 is 0 Å². The van der Waals surface area contributed by atoms with Crippen LogP contribution < -0.4 is 5.32 Å². The first-order valence-electron chi connectivity index (χ1n) is 6.65. The molecule has 1 unspecified atom stereocenters. The third-order valence-electron chi connectivity index (χ3n) is 3.40. The van der Waals surface area contributed by atoms with Gasteiger partial charge in [-0.1, -0.05) is 34.1 Å². The van der Waals surface area contributed by atoms with Gasteiger partial charge in [0.1, 0.15) is 5.82 Å². The zero-order chi connectivity index (χ0) is 13.7. The van der Waals surface area contributed by atoms with E-state index in [0.29, 0.717) is 6.04 Å². The molecule has 1 aromatic carbocycles. The molecular weight excluding hydrogens is 302 g/mol. The zero-order valence-electron chi connectivity index (χ0n) is 11.4. The van der Waals surface area contributed by atoms with Gasteiger partial charge in [0.05, 0.1) is 0 Å². The quantitative estimate of drug-likeness (QED) is 0.886. The van der Waals surface area contributed by atoms with E-state index in [0.717, 1.165) is 25.2 Å². The van der Waals surface area contributed by atoms with Gasteiger partial charge in [-0.3, -0.25) is 0 Å². The van der Waals surface area contributed by atoms with E-state index in [2.05, 4.69) is 55.9 Å². The van der Waals surface area contributed by atoms with E-state index in [9.17, 15) is 0 Å². The minimum Gasteiger partial charge on any atom is -0.335 e. The second-order valence-corrected chi connectivity index (χ2v) is 5.47. The summed E-state index contributed by atoms with van der Waals surface area (Å²) in [4.78, 5) is 4.45. The van der Waals surface area contributed by atoms with Crippen molar-refractivity contribution in [2.75, 3.05) is 7.05 Å². The summed E-state index contributed by atoms with van der Waals surface area (Å²) in [6.07, 6.45) is 5.86. The van der Waals surface area contributed by atoms with Gasteiger partial charge < -0.3 is 9.88 Å². The number of benzene rings is 1. The first-order valence-corrected chi connectivity index (χ1v) is 7.44. The average molecular weight is 322 g/mol. The predicted octanol–water partition coefficient (Wildman–Crippen LogP) is 3.04. The highest BCUT2D eigenvalue weighted by Crippen LogP contribution is 2.18. The van der Waals surface area contributed by atoms with E-state index in [1.807, 2.05) is 25.5 Å². The maximum absolute atomic E-state index is 4.45. The second-order valence-electron chi connectivity index (χ2n) is 4.61. The molecule has 102 valence electrons. The fourth-order valence-electron chi connectivity index (χ4n) is 2.24. The van der Waals surface area contributed by atoms with Gasteiger partial charge in [-0.2, -0.15) is 0 Å². The molecule has 1 aromatic heterocycles. The zero-order valence-corrected chi connectivity index (χ0v) is 13.0. The molecule has 0 bridgehead atoms. The molecule has 1 N–H and O–H groups in total. The summed E-state index contributed by atoms with van der Waals surface area (Å²) < 4.78 is 3.37. The molecule has 0 radical (unpaired) electrons. The van der Waals surface area contributed by atoms with E-state index in [1.165, 1.54) is 10.0 Å². The van der Waals surface area contributed by atoms with Crippen molar-refractivity contribution in [3.8, 4) is 0 Å². The monoisotopic (exact) mass is 321 g/mol. The lowest BCUT2D eigenvalue weighted by atomic mass is 10.0. The Bertz CT molecular complexity index is 522. The smallest absolute Gasteiger partial charge is 0.110 e. The van der Waals surface area contributed by atoms with Gasteiger partial charge in [0, 0.05) is 35.9 Å². The molecule has 0 fully saturated rings. The SMILES string of the molecule is CCn1ccnc1CC(Cc1ccccc1Br)NC. The molecule has 0 aliphatic carbocycles. The van der Waals surface area contributed by atoms with Crippen molar-refractivity contribution in [3.63, 3.8) is 0 Å². The maximum Gasteiger partial charge on any atom is 0.110 e. The van der Waals surface area contributed by atoms with Crippen molar-refractivity contribution in [2.45, 2.75) is 32.4 Å². The summed E-state index contributed by atoms with van der Waals surface area (Å²) >= 11 is 3.61. The van der Waals surface area contributed by atoms with E-state index < -0.39 is 0 Å². The van der Waals surface area contributed by atoms with Crippen molar-refractivity contribution in [1.29, 1.82) is 0 Å². The van der Waals surface area contributed by atoms with Crippen LogP contribution in [0.3, 0.4) is 0 Å². The van der Waals surface area contributed by atoms with Crippen molar-refractivity contribution >= 4 is 15.9 Å². The first kappa shape index (κ1) is 14.3. The lowest BCUT2D eigenvalue weighted by Gasteiger charge is -2.17. The molecule has 2 aromatic rings. The summed E-state index contributed by atoms with van der Waals surface area (Å²) in [6.45, 7) is 3.12. The lowest BCUT2D eigenvalue weighted by molar-refractivity contribution is 0.526. The molecule has 19 heavy (non-hydrogen) atoms. The Hall–Kier alpha value is -1.13. The number of hydrogen-bond acceptors (Lipinski definition) is 2. The topological polar surface area (TPSA) is 29.9 Å². The third kappa shape index (κ3) is 3.67. The Labute approximate surface area is 123 Å². The minimum atomic E-state index is 0.395. The van der Waals surface area contributed by atoms with E-state index >= 15 is 0 Å². The fraction of sp³-hybridized carbons (Fsp3) is 0.400. The summed E-state index contributed by atoms with van der Waals surface area (Å²) in [5.41, 5.74) is 1.33. The van der Waals surface area contributed by atoms with E-state index in [1.54, 1.807) is 0 Å². The van der Waals surface area contributed by atoms with Gasteiger partial charge in [0.25, 0.3) is 0 Å². The van der Waals surface area contributed by atoms with Crippen LogP contribution in [0.15, 0.2) is 41.1 Å². The Kier molecular flexibility index (Phi) is 5.16. The number of aryl methyl sites for hydroxylation is 1. The van der Waals surface area contributed by atoms with Gasteiger partial charge in [-0.15, -0.1) is 0 Å². The summed E-state index contributed by atoms with van der Waals surface area (Å²) in [5.74, 6) is 1.15. The maximum atomic E-state index is 4.45. The molecule has 2 rings (SSSR count). The Morgan fingerprint density at radius 2 is 2.11 bits per heavy atom. The van der Waals surface area contributed by atoms with Crippen LogP contribution in [-0.2, 0) is 19.4 Å². The highest BCUT2D eigenvalue weighted by molar-refractivity contribution is 9.10. The van der Waals surface area contributed by atoms with Crippen molar-refractivity contribution in [1.82, 2.24) is 14.9 Å². The van der Waals surface area contributed by atoms with E-state index in [-0.39, 0.29) is 0 Å². The lowest BCUT2D eigenvalue weighted by Crippen LogP contribution is -2.31. The number of nitrogens with zero attached hydrogens (tertiary/aromatic N) is 2. The van der Waals surface area contributed by atoms with Gasteiger partial charge in [-0.05, 0) is 32.0 Å². The molecule has 1 atom stereocenters. The summed E-state index contributed by atoms with van der Waals surface area (Å²) in [5, 5.41) is 3.39. The first-order chi connectivity index (χ1) is 9.24. The molecule has 0 aliphatic heterocycles. The van der Waals surface area contributed by atoms with Gasteiger partial charge in [0.2, 0.25) is 0 Å². The van der Waals surface area contributed by atoms with Crippen LogP contribution in [0.5, 0.6) is 0 Å². The van der Waals surface area contributed by atoms with Gasteiger partial charge in [0.15, 0.2) is 0 Å². The Morgan fingerprint density at radius 3 is 2.79 bits per heavy atom. The number of aromatic nitrogens is 2. The molecule has 0 amide bonds. The molecule has 0 saturated heterocycles. The number of rotatable bonds is 6. The minimum absolute atomic E-state index is 0.395. The standard InChI is InChI=1S/C15H20BrN3/c1-3-19-9-8-18-15(19)11-13(17-2)10-12-6-4-5-7-14(12)16/h4-9,13,17H,3,10-11H2,1-2H3. The van der Waals surface area contributed by atoms with Crippen LogP contribution in [0, 0.1) is 0 Å². The van der Waals surface area contributed by atoms with Crippen molar-refractivity contribution < 1.29 is 0 Å². The Morgan fingerprint density at radius 1 is 1.32 bits per heavy atom. The van der Waals surface area contributed by atoms with Crippen LogP contribution >= 0.6 is 15.9 Å². The van der Waals surface area contributed by atoms with Crippen molar-refractivity contribution in [2.24, 2.45) is 0 Å². The molecule has 0 aliphatic rings. The molecule has 0 saturated carbocycles.